The van der Waals surface area contributed by atoms with Crippen LogP contribution < -0.4 is 5.32 Å². The molecule has 0 aliphatic heterocycles. The normalized spacial score (nSPS) is 22.1. The van der Waals surface area contributed by atoms with Gasteiger partial charge in [-0.15, -0.1) is 0 Å². The minimum absolute atomic E-state index is 0.118. The van der Waals surface area contributed by atoms with E-state index in [9.17, 15) is 9.59 Å². The summed E-state index contributed by atoms with van der Waals surface area (Å²) in [6.07, 6.45) is 4.23. The number of carboxylic acid groups (broad SMARTS) is 1. The Hall–Kier alpha value is -1.26. The van der Waals surface area contributed by atoms with Crippen molar-refractivity contribution < 1.29 is 14.7 Å². The fourth-order valence-electron chi connectivity index (χ4n) is 2.71. The summed E-state index contributed by atoms with van der Waals surface area (Å²) >= 11 is 0. The van der Waals surface area contributed by atoms with Crippen molar-refractivity contribution in [3.8, 4) is 0 Å². The summed E-state index contributed by atoms with van der Waals surface area (Å²) in [5.74, 6) is -0.979. The number of nitrogens with one attached hydrogen (secondary N) is 1. The maximum Gasteiger partial charge on any atom is 0.323 e. The van der Waals surface area contributed by atoms with Crippen LogP contribution in [0.1, 0.15) is 53.4 Å². The molecule has 1 fully saturated rings. The Kier molecular flexibility index (Phi) is 5.20. The van der Waals surface area contributed by atoms with Crippen LogP contribution in [0.5, 0.6) is 0 Å². The van der Waals surface area contributed by atoms with E-state index in [1.54, 1.807) is 0 Å². The zero-order valence-corrected chi connectivity index (χ0v) is 12.4. The van der Waals surface area contributed by atoms with Gasteiger partial charge < -0.3 is 15.3 Å². The van der Waals surface area contributed by atoms with Crippen molar-refractivity contribution in [3.05, 3.63) is 0 Å². The number of carbonyl (C=O) groups is 2. The lowest BCUT2D eigenvalue weighted by atomic mass is 9.75. The molecule has 1 rings (SSSR count). The number of amides is 2. The number of carboxylic acids is 1. The summed E-state index contributed by atoms with van der Waals surface area (Å²) in [5.41, 5.74) is 0.256. The molecular formula is C14H26N2O3. The van der Waals surface area contributed by atoms with Crippen LogP contribution in [-0.4, -0.2) is 40.6 Å². The van der Waals surface area contributed by atoms with E-state index in [1.165, 1.54) is 11.3 Å². The average Bonchev–Trinajstić information content (AvgIpc) is 2.23. The minimum atomic E-state index is -0.979. The Labute approximate surface area is 115 Å². The van der Waals surface area contributed by atoms with E-state index in [0.29, 0.717) is 0 Å². The molecule has 0 aromatic heterocycles. The number of carbonyl (C=O) groups excluding carboxylic acids is 1. The molecule has 0 aromatic carbocycles. The highest BCUT2D eigenvalue weighted by Crippen LogP contribution is 2.35. The molecule has 0 heterocycles. The molecule has 5 heteroatoms. The van der Waals surface area contributed by atoms with E-state index in [2.05, 4.69) is 19.2 Å². The van der Waals surface area contributed by atoms with Crippen molar-refractivity contribution in [1.29, 1.82) is 0 Å². The fourth-order valence-corrected chi connectivity index (χ4v) is 2.71. The van der Waals surface area contributed by atoms with Crippen LogP contribution in [0, 0.1) is 5.41 Å². The van der Waals surface area contributed by atoms with Crippen LogP contribution in [0.25, 0.3) is 0 Å². The van der Waals surface area contributed by atoms with Gasteiger partial charge in [-0.3, -0.25) is 4.79 Å². The van der Waals surface area contributed by atoms with Gasteiger partial charge in [0.05, 0.1) is 0 Å². The zero-order valence-electron chi connectivity index (χ0n) is 12.4. The van der Waals surface area contributed by atoms with Gasteiger partial charge in [0, 0.05) is 12.1 Å². The van der Waals surface area contributed by atoms with E-state index >= 15 is 0 Å². The van der Waals surface area contributed by atoms with E-state index in [4.69, 9.17) is 5.11 Å². The molecule has 2 N–H and O–H groups in total. The van der Waals surface area contributed by atoms with Crippen LogP contribution in [-0.2, 0) is 4.79 Å². The first kappa shape index (κ1) is 15.8. The highest BCUT2D eigenvalue weighted by Gasteiger charge is 2.30. The summed E-state index contributed by atoms with van der Waals surface area (Å²) in [5, 5.41) is 11.8. The van der Waals surface area contributed by atoms with E-state index in [0.717, 1.165) is 19.3 Å². The van der Waals surface area contributed by atoms with Gasteiger partial charge in [0.1, 0.15) is 6.54 Å². The summed E-state index contributed by atoms with van der Waals surface area (Å²) in [4.78, 5) is 24.3. The molecule has 1 unspecified atom stereocenters. The Morgan fingerprint density at radius 3 is 2.53 bits per heavy atom. The van der Waals surface area contributed by atoms with E-state index in [1.807, 2.05) is 13.8 Å². The van der Waals surface area contributed by atoms with Gasteiger partial charge in [-0.05, 0) is 38.5 Å². The highest BCUT2D eigenvalue weighted by atomic mass is 16.4. The van der Waals surface area contributed by atoms with E-state index < -0.39 is 5.97 Å². The molecule has 110 valence electrons. The zero-order chi connectivity index (χ0) is 14.6. The van der Waals surface area contributed by atoms with E-state index in [-0.39, 0.29) is 30.1 Å². The standard InChI is InChI=1S/C14H26N2O3/c1-10(2)16(9-12(17)18)13(19)15-11-6-5-7-14(3,4)8-11/h10-11H,5-9H2,1-4H3,(H,15,19)(H,17,18). The van der Waals surface area contributed by atoms with Crippen LogP contribution >= 0.6 is 0 Å². The van der Waals surface area contributed by atoms with Gasteiger partial charge >= 0.3 is 12.0 Å². The Morgan fingerprint density at radius 2 is 2.05 bits per heavy atom. The molecule has 1 aliphatic carbocycles. The molecule has 1 saturated carbocycles. The summed E-state index contributed by atoms with van der Waals surface area (Å²) in [6.45, 7) is 7.83. The third-order valence-corrected chi connectivity index (χ3v) is 3.72. The fraction of sp³-hybridized carbons (Fsp3) is 0.857. The minimum Gasteiger partial charge on any atom is -0.480 e. The summed E-state index contributed by atoms with van der Waals surface area (Å²) in [7, 11) is 0. The Morgan fingerprint density at radius 1 is 1.42 bits per heavy atom. The Bertz CT molecular complexity index is 340. The third kappa shape index (κ3) is 5.09. The lowest BCUT2D eigenvalue weighted by Crippen LogP contribution is -2.51. The molecule has 19 heavy (non-hydrogen) atoms. The molecule has 0 spiro atoms. The second-order valence-corrected chi connectivity index (χ2v) is 6.52. The molecule has 0 bridgehead atoms. The smallest absolute Gasteiger partial charge is 0.323 e. The maximum atomic E-state index is 12.2. The van der Waals surface area contributed by atoms with Gasteiger partial charge in [-0.2, -0.15) is 0 Å². The molecular weight excluding hydrogens is 244 g/mol. The van der Waals surface area contributed by atoms with Crippen LogP contribution in [0.3, 0.4) is 0 Å². The maximum absolute atomic E-state index is 12.2. The van der Waals surface area contributed by atoms with Crippen molar-refractivity contribution in [2.24, 2.45) is 5.41 Å². The van der Waals surface area contributed by atoms with Crippen LogP contribution in [0.4, 0.5) is 4.79 Å². The van der Waals surface area contributed by atoms with Crippen molar-refractivity contribution in [3.63, 3.8) is 0 Å². The van der Waals surface area contributed by atoms with Gasteiger partial charge in [0.2, 0.25) is 0 Å². The third-order valence-electron chi connectivity index (χ3n) is 3.72. The number of nitrogens with zero attached hydrogens (tertiary/aromatic N) is 1. The second kappa shape index (κ2) is 6.26. The van der Waals surface area contributed by atoms with Gasteiger partial charge in [-0.1, -0.05) is 20.3 Å². The summed E-state index contributed by atoms with van der Waals surface area (Å²) in [6, 6.07) is -0.223. The molecule has 1 aliphatic rings. The molecule has 5 nitrogen and oxygen atoms in total. The molecule has 0 aromatic rings. The molecule has 0 radical (unpaired) electrons. The van der Waals surface area contributed by atoms with Crippen LogP contribution in [0.2, 0.25) is 0 Å². The first-order chi connectivity index (χ1) is 8.71. The lowest BCUT2D eigenvalue weighted by Gasteiger charge is -2.37. The monoisotopic (exact) mass is 270 g/mol. The molecule has 0 saturated heterocycles. The van der Waals surface area contributed by atoms with Gasteiger partial charge in [0.15, 0.2) is 0 Å². The topological polar surface area (TPSA) is 69.6 Å². The second-order valence-electron chi connectivity index (χ2n) is 6.52. The number of rotatable bonds is 4. The Balaban J connectivity index is 2.58. The van der Waals surface area contributed by atoms with Crippen molar-refractivity contribution in [2.75, 3.05) is 6.54 Å². The summed E-state index contributed by atoms with van der Waals surface area (Å²) < 4.78 is 0. The number of urea groups is 1. The number of hydrogen-bond acceptors (Lipinski definition) is 2. The van der Waals surface area contributed by atoms with Crippen molar-refractivity contribution in [2.45, 2.75) is 65.5 Å². The predicted molar refractivity (Wildman–Crippen MR) is 74.0 cm³/mol. The first-order valence-corrected chi connectivity index (χ1v) is 7.00. The average molecular weight is 270 g/mol. The lowest BCUT2D eigenvalue weighted by molar-refractivity contribution is -0.138. The van der Waals surface area contributed by atoms with Crippen molar-refractivity contribution in [1.82, 2.24) is 10.2 Å². The first-order valence-electron chi connectivity index (χ1n) is 7.00. The quantitative estimate of drug-likeness (QED) is 0.824. The molecule has 1 atom stereocenters. The predicted octanol–water partition coefficient (Wildman–Crippen LogP) is 2.46. The van der Waals surface area contributed by atoms with Crippen molar-refractivity contribution >= 4 is 12.0 Å². The van der Waals surface area contributed by atoms with Crippen LogP contribution in [0.15, 0.2) is 0 Å². The largest absolute Gasteiger partial charge is 0.480 e. The highest BCUT2D eigenvalue weighted by molar-refractivity contribution is 5.80. The molecule has 2 amide bonds. The van der Waals surface area contributed by atoms with Gasteiger partial charge in [-0.25, -0.2) is 4.79 Å². The SMILES string of the molecule is CC(C)N(CC(=O)O)C(=O)NC1CCCC(C)(C)C1. The number of hydrogen-bond donors (Lipinski definition) is 2. The van der Waals surface area contributed by atoms with Gasteiger partial charge in [0.25, 0.3) is 0 Å². The number of aliphatic carboxylic acids is 1.